The molecule has 0 aromatic heterocycles. The SMILES string of the molecule is CCCC(=O)OCCN(C)C(C)=O. The van der Waals surface area contributed by atoms with Crippen molar-refractivity contribution in [3.05, 3.63) is 0 Å². The molecule has 0 saturated heterocycles. The van der Waals surface area contributed by atoms with Gasteiger partial charge in [0.25, 0.3) is 0 Å². The Bertz CT molecular complexity index is 180. The van der Waals surface area contributed by atoms with Gasteiger partial charge in [-0.1, -0.05) is 6.92 Å². The van der Waals surface area contributed by atoms with Gasteiger partial charge in [0.15, 0.2) is 0 Å². The van der Waals surface area contributed by atoms with Crippen molar-refractivity contribution in [1.29, 1.82) is 0 Å². The van der Waals surface area contributed by atoms with E-state index in [1.807, 2.05) is 6.92 Å². The maximum absolute atomic E-state index is 10.9. The number of carbonyl (C=O) groups is 2. The third kappa shape index (κ3) is 6.13. The summed E-state index contributed by atoms with van der Waals surface area (Å²) in [5.41, 5.74) is 0. The largest absolute Gasteiger partial charge is 0.464 e. The second-order valence-electron chi connectivity index (χ2n) is 2.91. The predicted molar refractivity (Wildman–Crippen MR) is 49.2 cm³/mol. The van der Waals surface area contributed by atoms with Crippen LogP contribution >= 0.6 is 0 Å². The van der Waals surface area contributed by atoms with Crippen LogP contribution in [0.15, 0.2) is 0 Å². The Hall–Kier alpha value is -1.06. The van der Waals surface area contributed by atoms with Gasteiger partial charge >= 0.3 is 5.97 Å². The lowest BCUT2D eigenvalue weighted by Crippen LogP contribution is -2.28. The lowest BCUT2D eigenvalue weighted by atomic mass is 10.3. The first-order valence-electron chi connectivity index (χ1n) is 4.45. The van der Waals surface area contributed by atoms with Gasteiger partial charge in [-0.2, -0.15) is 0 Å². The van der Waals surface area contributed by atoms with Crippen LogP contribution in [0.25, 0.3) is 0 Å². The maximum atomic E-state index is 10.9. The van der Waals surface area contributed by atoms with E-state index >= 15 is 0 Å². The number of rotatable bonds is 5. The minimum absolute atomic E-state index is 0.0217. The van der Waals surface area contributed by atoms with Crippen molar-refractivity contribution in [3.63, 3.8) is 0 Å². The van der Waals surface area contributed by atoms with Gasteiger partial charge in [0.05, 0.1) is 6.54 Å². The molecule has 0 heterocycles. The van der Waals surface area contributed by atoms with Gasteiger partial charge in [-0.05, 0) is 6.42 Å². The van der Waals surface area contributed by atoms with Crippen molar-refractivity contribution in [1.82, 2.24) is 4.90 Å². The number of nitrogens with zero attached hydrogens (tertiary/aromatic N) is 1. The van der Waals surface area contributed by atoms with Crippen molar-refractivity contribution in [3.8, 4) is 0 Å². The zero-order valence-electron chi connectivity index (χ0n) is 8.50. The van der Waals surface area contributed by atoms with Crippen LogP contribution in [0.4, 0.5) is 0 Å². The molecule has 0 fully saturated rings. The molecule has 0 atom stereocenters. The van der Waals surface area contributed by atoms with E-state index in [9.17, 15) is 9.59 Å². The van der Waals surface area contributed by atoms with Gasteiger partial charge in [0, 0.05) is 20.4 Å². The molecule has 4 nitrogen and oxygen atoms in total. The lowest BCUT2D eigenvalue weighted by molar-refractivity contribution is -0.145. The summed E-state index contributed by atoms with van der Waals surface area (Å²) in [6.07, 6.45) is 1.24. The first kappa shape index (κ1) is 11.9. The van der Waals surface area contributed by atoms with E-state index in [1.165, 1.54) is 11.8 Å². The normalized spacial score (nSPS) is 9.46. The van der Waals surface area contributed by atoms with Crippen LogP contribution in [0.5, 0.6) is 0 Å². The van der Waals surface area contributed by atoms with E-state index in [0.29, 0.717) is 13.0 Å². The quantitative estimate of drug-likeness (QED) is 0.598. The zero-order chi connectivity index (χ0) is 10.3. The monoisotopic (exact) mass is 187 g/mol. The predicted octanol–water partition coefficient (Wildman–Crippen LogP) is 0.808. The molecule has 4 heteroatoms. The van der Waals surface area contributed by atoms with Gasteiger partial charge in [0.1, 0.15) is 6.61 Å². The Kier molecular flexibility index (Phi) is 5.93. The summed E-state index contributed by atoms with van der Waals surface area (Å²) in [6, 6.07) is 0. The fourth-order valence-electron chi connectivity index (χ4n) is 0.730. The molecule has 0 saturated carbocycles. The van der Waals surface area contributed by atoms with Gasteiger partial charge in [-0.25, -0.2) is 0 Å². The highest BCUT2D eigenvalue weighted by Crippen LogP contribution is 1.91. The maximum Gasteiger partial charge on any atom is 0.305 e. The van der Waals surface area contributed by atoms with Gasteiger partial charge in [0.2, 0.25) is 5.91 Å². The van der Waals surface area contributed by atoms with Crippen LogP contribution in [0.3, 0.4) is 0 Å². The van der Waals surface area contributed by atoms with Crippen molar-refractivity contribution in [2.24, 2.45) is 0 Å². The molecule has 0 N–H and O–H groups in total. The molecule has 0 aliphatic rings. The highest BCUT2D eigenvalue weighted by molar-refractivity contribution is 5.73. The molecule has 0 aliphatic carbocycles. The summed E-state index contributed by atoms with van der Waals surface area (Å²) >= 11 is 0. The summed E-state index contributed by atoms with van der Waals surface area (Å²) < 4.78 is 4.87. The van der Waals surface area contributed by atoms with Crippen LogP contribution in [-0.4, -0.2) is 37.0 Å². The number of carbonyl (C=O) groups excluding carboxylic acids is 2. The number of esters is 1. The average molecular weight is 187 g/mol. The number of amides is 1. The summed E-state index contributed by atoms with van der Waals surface area (Å²) in [5, 5.41) is 0. The minimum Gasteiger partial charge on any atom is -0.464 e. The first-order valence-corrected chi connectivity index (χ1v) is 4.45. The molecule has 0 aromatic rings. The van der Waals surface area contributed by atoms with Crippen LogP contribution in [-0.2, 0) is 14.3 Å². The number of hydrogen-bond donors (Lipinski definition) is 0. The standard InChI is InChI=1S/C9H17NO3/c1-4-5-9(12)13-7-6-10(3)8(2)11/h4-7H2,1-3H3. The van der Waals surface area contributed by atoms with Gasteiger partial charge in [-0.3, -0.25) is 9.59 Å². The molecule has 0 aromatic carbocycles. The second kappa shape index (κ2) is 6.46. The third-order valence-corrected chi connectivity index (χ3v) is 1.68. The van der Waals surface area contributed by atoms with Crippen LogP contribution < -0.4 is 0 Å². The van der Waals surface area contributed by atoms with Crippen molar-refractivity contribution in [2.45, 2.75) is 26.7 Å². The summed E-state index contributed by atoms with van der Waals surface area (Å²) in [5.74, 6) is -0.217. The summed E-state index contributed by atoms with van der Waals surface area (Å²) in [6.45, 7) is 4.15. The van der Waals surface area contributed by atoms with Crippen LogP contribution in [0.2, 0.25) is 0 Å². The van der Waals surface area contributed by atoms with Crippen LogP contribution in [0.1, 0.15) is 26.7 Å². The van der Waals surface area contributed by atoms with Crippen LogP contribution in [0, 0.1) is 0 Å². The number of likely N-dealkylation sites (N-methyl/N-ethyl adjacent to an activating group) is 1. The van der Waals surface area contributed by atoms with Crippen molar-refractivity contribution < 1.29 is 14.3 Å². The topological polar surface area (TPSA) is 46.6 Å². The zero-order valence-corrected chi connectivity index (χ0v) is 8.50. The Morgan fingerprint density at radius 1 is 1.38 bits per heavy atom. The molecule has 1 amide bonds. The van der Waals surface area contributed by atoms with E-state index in [0.717, 1.165) is 6.42 Å². The smallest absolute Gasteiger partial charge is 0.305 e. The minimum atomic E-state index is -0.195. The molecule has 76 valence electrons. The molecular weight excluding hydrogens is 170 g/mol. The Balaban J connectivity index is 3.44. The second-order valence-corrected chi connectivity index (χ2v) is 2.91. The molecule has 0 unspecified atom stereocenters. The molecular formula is C9H17NO3. The van der Waals surface area contributed by atoms with E-state index < -0.39 is 0 Å². The Morgan fingerprint density at radius 3 is 2.46 bits per heavy atom. The lowest BCUT2D eigenvalue weighted by Gasteiger charge is -2.14. The summed E-state index contributed by atoms with van der Waals surface area (Å²) in [4.78, 5) is 23.1. The highest BCUT2D eigenvalue weighted by Gasteiger charge is 2.04. The van der Waals surface area contributed by atoms with Gasteiger partial charge in [-0.15, -0.1) is 0 Å². The molecule has 0 rings (SSSR count). The van der Waals surface area contributed by atoms with Gasteiger partial charge < -0.3 is 9.64 Å². The number of ether oxygens (including phenoxy) is 1. The summed E-state index contributed by atoms with van der Waals surface area (Å²) in [7, 11) is 1.68. The molecule has 0 spiro atoms. The fraction of sp³-hybridized carbons (Fsp3) is 0.778. The van der Waals surface area contributed by atoms with E-state index in [-0.39, 0.29) is 18.5 Å². The Labute approximate surface area is 78.9 Å². The molecule has 13 heavy (non-hydrogen) atoms. The highest BCUT2D eigenvalue weighted by atomic mass is 16.5. The van der Waals surface area contributed by atoms with E-state index in [1.54, 1.807) is 7.05 Å². The Morgan fingerprint density at radius 2 is 2.00 bits per heavy atom. The molecule has 0 bridgehead atoms. The molecule has 0 aliphatic heterocycles. The average Bonchev–Trinajstić information content (AvgIpc) is 2.04. The van der Waals surface area contributed by atoms with E-state index in [4.69, 9.17) is 4.74 Å². The third-order valence-electron chi connectivity index (χ3n) is 1.68. The number of hydrogen-bond acceptors (Lipinski definition) is 3. The fourth-order valence-corrected chi connectivity index (χ4v) is 0.730. The van der Waals surface area contributed by atoms with E-state index in [2.05, 4.69) is 0 Å². The first-order chi connectivity index (χ1) is 6.07. The van der Waals surface area contributed by atoms with Crippen molar-refractivity contribution >= 4 is 11.9 Å². The molecule has 0 radical (unpaired) electrons. The van der Waals surface area contributed by atoms with Crippen molar-refractivity contribution in [2.75, 3.05) is 20.2 Å².